The number of nitrogens with one attached hydrogen (secondary N) is 1. The number of rotatable bonds is 3. The average molecular weight is 288 g/mol. The molecule has 2 rings (SSSR count). The molecule has 5 heteroatoms. The van der Waals surface area contributed by atoms with Crippen LogP contribution in [0.3, 0.4) is 0 Å². The summed E-state index contributed by atoms with van der Waals surface area (Å²) in [7, 11) is 0. The highest BCUT2D eigenvalue weighted by molar-refractivity contribution is 9.10. The molecule has 0 radical (unpaired) electrons. The molecule has 2 aromatic rings. The first kappa shape index (κ1) is 10.5. The van der Waals surface area contributed by atoms with Crippen LogP contribution < -0.4 is 5.32 Å². The third-order valence-electron chi connectivity index (χ3n) is 1.84. The summed E-state index contributed by atoms with van der Waals surface area (Å²) in [6, 6.07) is 7.43. The molecule has 0 saturated heterocycles. The highest BCUT2D eigenvalue weighted by atomic mass is 79.9. The molecule has 2 aromatic heterocycles. The predicted molar refractivity (Wildman–Crippen MR) is 63.0 cm³/mol. The summed E-state index contributed by atoms with van der Waals surface area (Å²) < 4.78 is 6.05. The Balaban J connectivity index is 2.02. The Labute approximate surface area is 101 Å². The van der Waals surface area contributed by atoms with E-state index in [1.165, 1.54) is 0 Å². The fraction of sp³-hybridized carbons (Fsp3) is 0.100. The topological polar surface area (TPSA) is 38.1 Å². The van der Waals surface area contributed by atoms with Crippen LogP contribution in [0.25, 0.3) is 0 Å². The number of pyridine rings is 1. The molecule has 0 atom stereocenters. The maximum absolute atomic E-state index is 5.88. The summed E-state index contributed by atoms with van der Waals surface area (Å²) in [4.78, 5) is 3.96. The van der Waals surface area contributed by atoms with Crippen molar-refractivity contribution in [1.29, 1.82) is 0 Å². The molecular formula is C10H8BrClN2O. The summed E-state index contributed by atoms with van der Waals surface area (Å²) >= 11 is 9.12. The zero-order valence-corrected chi connectivity index (χ0v) is 10.0. The minimum Gasteiger partial charge on any atom is -0.452 e. The Bertz CT molecular complexity index is 458. The summed E-state index contributed by atoms with van der Waals surface area (Å²) in [6.07, 6.45) is 1.65. The Morgan fingerprint density at radius 1 is 1.40 bits per heavy atom. The SMILES string of the molecule is Clc1ncccc1NCc1ccc(Br)o1. The van der Waals surface area contributed by atoms with E-state index in [4.69, 9.17) is 16.0 Å². The summed E-state index contributed by atoms with van der Waals surface area (Å²) in [5, 5.41) is 3.59. The van der Waals surface area contributed by atoms with Crippen LogP contribution >= 0.6 is 27.5 Å². The van der Waals surface area contributed by atoms with E-state index < -0.39 is 0 Å². The van der Waals surface area contributed by atoms with Crippen molar-refractivity contribution in [2.45, 2.75) is 6.54 Å². The van der Waals surface area contributed by atoms with E-state index in [-0.39, 0.29) is 0 Å². The Kier molecular flexibility index (Phi) is 3.28. The Hall–Kier alpha value is -1.000. The lowest BCUT2D eigenvalue weighted by atomic mass is 10.4. The van der Waals surface area contributed by atoms with Crippen LogP contribution in [0.5, 0.6) is 0 Å². The second-order valence-corrected chi connectivity index (χ2v) is 4.04. The van der Waals surface area contributed by atoms with Gasteiger partial charge < -0.3 is 9.73 Å². The molecule has 78 valence electrons. The molecule has 0 aromatic carbocycles. The van der Waals surface area contributed by atoms with Crippen molar-refractivity contribution in [3.63, 3.8) is 0 Å². The van der Waals surface area contributed by atoms with Crippen molar-refractivity contribution in [3.05, 3.63) is 46.0 Å². The summed E-state index contributed by atoms with van der Waals surface area (Å²) in [6.45, 7) is 0.580. The second kappa shape index (κ2) is 4.68. The molecule has 2 heterocycles. The van der Waals surface area contributed by atoms with E-state index in [0.717, 1.165) is 16.1 Å². The van der Waals surface area contributed by atoms with Gasteiger partial charge in [-0.3, -0.25) is 0 Å². The lowest BCUT2D eigenvalue weighted by Crippen LogP contribution is -1.99. The van der Waals surface area contributed by atoms with Crippen LogP contribution in [0.15, 0.2) is 39.5 Å². The molecular weight excluding hydrogens is 279 g/mol. The van der Waals surface area contributed by atoms with Crippen LogP contribution in [-0.4, -0.2) is 4.98 Å². The maximum atomic E-state index is 5.88. The lowest BCUT2D eigenvalue weighted by molar-refractivity contribution is 0.495. The zero-order chi connectivity index (χ0) is 10.7. The Morgan fingerprint density at radius 3 is 2.93 bits per heavy atom. The molecule has 0 aliphatic heterocycles. The number of furan rings is 1. The quantitative estimate of drug-likeness (QED) is 0.875. The molecule has 15 heavy (non-hydrogen) atoms. The van der Waals surface area contributed by atoms with Gasteiger partial charge in [0.1, 0.15) is 5.76 Å². The van der Waals surface area contributed by atoms with Crippen molar-refractivity contribution in [2.24, 2.45) is 0 Å². The van der Waals surface area contributed by atoms with Crippen molar-refractivity contribution < 1.29 is 4.42 Å². The number of nitrogens with zero attached hydrogens (tertiary/aromatic N) is 1. The fourth-order valence-electron chi connectivity index (χ4n) is 1.15. The van der Waals surface area contributed by atoms with Crippen LogP contribution in [0.1, 0.15) is 5.76 Å². The van der Waals surface area contributed by atoms with Gasteiger partial charge in [0.25, 0.3) is 0 Å². The summed E-state index contributed by atoms with van der Waals surface area (Å²) in [5.74, 6) is 0.835. The molecule has 0 bridgehead atoms. The van der Waals surface area contributed by atoms with Crippen molar-refractivity contribution in [1.82, 2.24) is 4.98 Å². The first-order valence-electron chi connectivity index (χ1n) is 4.34. The molecule has 0 amide bonds. The number of hydrogen-bond acceptors (Lipinski definition) is 3. The number of halogens is 2. The lowest BCUT2D eigenvalue weighted by Gasteiger charge is -2.04. The predicted octanol–water partition coefficient (Wildman–Crippen LogP) is 3.70. The normalized spacial score (nSPS) is 10.3. The van der Waals surface area contributed by atoms with Gasteiger partial charge in [0.05, 0.1) is 12.2 Å². The van der Waals surface area contributed by atoms with Crippen LogP contribution in [-0.2, 0) is 6.54 Å². The van der Waals surface area contributed by atoms with Gasteiger partial charge in [-0.25, -0.2) is 4.98 Å². The first-order valence-corrected chi connectivity index (χ1v) is 5.51. The van der Waals surface area contributed by atoms with E-state index in [1.54, 1.807) is 6.20 Å². The van der Waals surface area contributed by atoms with Gasteiger partial charge in [0.15, 0.2) is 9.82 Å². The highest BCUT2D eigenvalue weighted by Crippen LogP contribution is 2.20. The van der Waals surface area contributed by atoms with Gasteiger partial charge in [-0.05, 0) is 40.2 Å². The minimum atomic E-state index is 0.461. The third kappa shape index (κ3) is 2.73. The van der Waals surface area contributed by atoms with E-state index in [0.29, 0.717) is 11.7 Å². The van der Waals surface area contributed by atoms with Gasteiger partial charge >= 0.3 is 0 Å². The number of aromatic nitrogens is 1. The molecule has 0 aliphatic carbocycles. The van der Waals surface area contributed by atoms with Gasteiger partial charge in [-0.2, -0.15) is 0 Å². The maximum Gasteiger partial charge on any atom is 0.169 e. The molecule has 0 aliphatic rings. The standard InChI is InChI=1S/C10H8BrClN2O/c11-9-4-3-7(15-9)6-14-8-2-1-5-13-10(8)12/h1-5,14H,6H2. The van der Waals surface area contributed by atoms with E-state index in [1.807, 2.05) is 24.3 Å². The van der Waals surface area contributed by atoms with E-state index >= 15 is 0 Å². The molecule has 0 spiro atoms. The van der Waals surface area contributed by atoms with Gasteiger partial charge in [-0.15, -0.1) is 0 Å². The van der Waals surface area contributed by atoms with Crippen molar-refractivity contribution in [3.8, 4) is 0 Å². The van der Waals surface area contributed by atoms with Crippen LogP contribution in [0.4, 0.5) is 5.69 Å². The Morgan fingerprint density at radius 2 is 2.27 bits per heavy atom. The van der Waals surface area contributed by atoms with Gasteiger partial charge in [0, 0.05) is 6.20 Å². The minimum absolute atomic E-state index is 0.461. The van der Waals surface area contributed by atoms with Gasteiger partial charge in [0.2, 0.25) is 0 Å². The van der Waals surface area contributed by atoms with Crippen molar-refractivity contribution >= 4 is 33.2 Å². The summed E-state index contributed by atoms with van der Waals surface area (Å²) in [5.41, 5.74) is 0.798. The zero-order valence-electron chi connectivity index (χ0n) is 7.71. The van der Waals surface area contributed by atoms with E-state index in [9.17, 15) is 0 Å². The highest BCUT2D eigenvalue weighted by Gasteiger charge is 2.02. The van der Waals surface area contributed by atoms with Crippen molar-refractivity contribution in [2.75, 3.05) is 5.32 Å². The molecule has 0 unspecified atom stereocenters. The largest absolute Gasteiger partial charge is 0.452 e. The monoisotopic (exact) mass is 286 g/mol. The van der Waals surface area contributed by atoms with Gasteiger partial charge in [-0.1, -0.05) is 11.6 Å². The smallest absolute Gasteiger partial charge is 0.169 e. The van der Waals surface area contributed by atoms with Crippen LogP contribution in [0, 0.1) is 0 Å². The molecule has 1 N–H and O–H groups in total. The molecule has 3 nitrogen and oxygen atoms in total. The average Bonchev–Trinajstić information content (AvgIpc) is 2.63. The van der Waals surface area contributed by atoms with E-state index in [2.05, 4.69) is 26.2 Å². The van der Waals surface area contributed by atoms with Crippen LogP contribution in [0.2, 0.25) is 5.15 Å². The third-order valence-corrected chi connectivity index (χ3v) is 2.57. The number of anilines is 1. The second-order valence-electron chi connectivity index (χ2n) is 2.90. The number of hydrogen-bond donors (Lipinski definition) is 1. The fourth-order valence-corrected chi connectivity index (χ4v) is 1.67. The first-order chi connectivity index (χ1) is 7.25. The molecule has 0 saturated carbocycles. The molecule has 0 fully saturated rings.